The standard InChI is InChI=1S/C32H39ClN2O3/c33-29-16-14-28(15-17-29)32(38)19-23-35(24-20-32)22-8-18-31(26-9-3-1-4-10-26,27-11-5-2-6-12-27)25-34-21-7-13-30(36)37/h1-6,9-12,14-17,34,38H,7-8,13,18-25H2,(H,36,37). The molecule has 0 aliphatic carbocycles. The van der Waals surface area contributed by atoms with Gasteiger partial charge in [-0.25, -0.2) is 0 Å². The number of halogens is 1. The van der Waals surface area contributed by atoms with Crippen molar-refractivity contribution >= 4 is 17.6 Å². The van der Waals surface area contributed by atoms with Crippen LogP contribution in [0.1, 0.15) is 55.2 Å². The summed E-state index contributed by atoms with van der Waals surface area (Å²) in [6.07, 6.45) is 4.18. The largest absolute Gasteiger partial charge is 0.481 e. The van der Waals surface area contributed by atoms with Gasteiger partial charge in [0.05, 0.1) is 5.60 Å². The Morgan fingerprint density at radius 2 is 1.47 bits per heavy atom. The van der Waals surface area contributed by atoms with Crippen molar-refractivity contribution in [1.82, 2.24) is 10.2 Å². The molecule has 0 spiro atoms. The van der Waals surface area contributed by atoms with Gasteiger partial charge < -0.3 is 20.4 Å². The molecule has 0 bridgehead atoms. The fourth-order valence-corrected chi connectivity index (χ4v) is 5.85. The molecule has 0 atom stereocenters. The van der Waals surface area contributed by atoms with Gasteiger partial charge in [-0.1, -0.05) is 84.4 Å². The fraction of sp³-hybridized carbons (Fsp3) is 0.406. The van der Waals surface area contributed by atoms with E-state index in [0.717, 1.165) is 44.6 Å². The van der Waals surface area contributed by atoms with Crippen LogP contribution in [0, 0.1) is 0 Å². The van der Waals surface area contributed by atoms with Crippen LogP contribution in [0.5, 0.6) is 0 Å². The number of hydrogen-bond donors (Lipinski definition) is 3. The Hall–Kier alpha value is -2.70. The third-order valence-corrected chi connectivity index (χ3v) is 8.22. The van der Waals surface area contributed by atoms with E-state index in [1.807, 2.05) is 24.3 Å². The van der Waals surface area contributed by atoms with Crippen molar-refractivity contribution in [3.05, 3.63) is 107 Å². The highest BCUT2D eigenvalue weighted by molar-refractivity contribution is 6.30. The first-order chi connectivity index (χ1) is 18.4. The van der Waals surface area contributed by atoms with Gasteiger partial charge in [0.1, 0.15) is 0 Å². The zero-order valence-electron chi connectivity index (χ0n) is 22.0. The van der Waals surface area contributed by atoms with Crippen LogP contribution in [0.25, 0.3) is 0 Å². The van der Waals surface area contributed by atoms with Gasteiger partial charge in [0.25, 0.3) is 0 Å². The third kappa shape index (κ3) is 7.23. The van der Waals surface area contributed by atoms with Crippen LogP contribution in [0.3, 0.4) is 0 Å². The summed E-state index contributed by atoms with van der Waals surface area (Å²) in [6, 6.07) is 28.9. The Bertz CT molecular complexity index is 1090. The second-order valence-electron chi connectivity index (χ2n) is 10.5. The maximum atomic E-state index is 11.3. The maximum Gasteiger partial charge on any atom is 0.303 e. The first-order valence-electron chi connectivity index (χ1n) is 13.7. The first kappa shape index (κ1) is 28.3. The minimum absolute atomic E-state index is 0.175. The number of aliphatic carboxylic acids is 1. The van der Waals surface area contributed by atoms with Crippen LogP contribution in [0.15, 0.2) is 84.9 Å². The molecule has 38 heavy (non-hydrogen) atoms. The summed E-state index contributed by atoms with van der Waals surface area (Å²) in [4.78, 5) is 13.4. The Morgan fingerprint density at radius 1 is 0.895 bits per heavy atom. The second kappa shape index (κ2) is 13.4. The van der Waals surface area contributed by atoms with Gasteiger partial charge in [-0.05, 0) is 74.0 Å². The lowest BCUT2D eigenvalue weighted by atomic mass is 9.71. The smallest absolute Gasteiger partial charge is 0.303 e. The van der Waals surface area contributed by atoms with Crippen LogP contribution in [-0.2, 0) is 15.8 Å². The number of rotatable bonds is 13. The maximum absolute atomic E-state index is 11.3. The molecule has 3 N–H and O–H groups in total. The van der Waals surface area contributed by atoms with Crippen molar-refractivity contribution in [2.24, 2.45) is 0 Å². The highest BCUT2D eigenvalue weighted by atomic mass is 35.5. The number of carboxylic acids is 1. The molecule has 0 radical (unpaired) electrons. The van der Waals surface area contributed by atoms with E-state index in [-0.39, 0.29) is 11.8 Å². The Kier molecular flexibility index (Phi) is 9.97. The number of nitrogens with zero attached hydrogens (tertiary/aromatic N) is 1. The van der Waals surface area contributed by atoms with Gasteiger partial charge >= 0.3 is 5.97 Å². The summed E-state index contributed by atoms with van der Waals surface area (Å²) in [5, 5.41) is 24.6. The van der Waals surface area contributed by atoms with Crippen LogP contribution in [0.4, 0.5) is 0 Å². The zero-order chi connectivity index (χ0) is 26.8. The number of nitrogens with one attached hydrogen (secondary N) is 1. The molecule has 1 heterocycles. The number of hydrogen-bond acceptors (Lipinski definition) is 4. The van der Waals surface area contributed by atoms with Crippen molar-refractivity contribution in [3.8, 4) is 0 Å². The van der Waals surface area contributed by atoms with Crippen LogP contribution in [-0.4, -0.2) is 53.8 Å². The SMILES string of the molecule is O=C(O)CCCNCC(CCCN1CCC(O)(c2ccc(Cl)cc2)CC1)(c1ccccc1)c1ccccc1. The number of likely N-dealkylation sites (tertiary alicyclic amines) is 1. The van der Waals surface area contributed by atoms with E-state index in [9.17, 15) is 9.90 Å². The molecule has 4 rings (SSSR count). The normalized spacial score (nSPS) is 15.8. The average Bonchev–Trinajstić information content (AvgIpc) is 2.94. The average molecular weight is 535 g/mol. The summed E-state index contributed by atoms with van der Waals surface area (Å²) >= 11 is 6.04. The second-order valence-corrected chi connectivity index (χ2v) is 10.9. The number of carboxylic acid groups (broad SMARTS) is 1. The molecule has 0 aromatic heterocycles. The van der Waals surface area contributed by atoms with Gasteiger partial charge in [-0.15, -0.1) is 0 Å². The molecule has 1 fully saturated rings. The van der Waals surface area contributed by atoms with Gasteiger partial charge in [-0.3, -0.25) is 4.79 Å². The van der Waals surface area contributed by atoms with Crippen molar-refractivity contribution in [3.63, 3.8) is 0 Å². The molecule has 0 unspecified atom stereocenters. The fourth-order valence-electron chi connectivity index (χ4n) is 5.73. The Morgan fingerprint density at radius 3 is 2.03 bits per heavy atom. The molecule has 1 saturated heterocycles. The summed E-state index contributed by atoms with van der Waals surface area (Å²) in [6.45, 7) is 4.10. The van der Waals surface area contributed by atoms with Crippen molar-refractivity contribution in [1.29, 1.82) is 0 Å². The first-order valence-corrected chi connectivity index (χ1v) is 14.0. The molecule has 0 saturated carbocycles. The minimum atomic E-state index is -0.793. The number of aliphatic hydroxyl groups is 1. The van der Waals surface area contributed by atoms with Gasteiger partial charge in [0.15, 0.2) is 0 Å². The van der Waals surface area contributed by atoms with E-state index in [2.05, 4.69) is 70.9 Å². The molecule has 0 amide bonds. The van der Waals surface area contributed by atoms with Gasteiger partial charge in [0, 0.05) is 36.5 Å². The van der Waals surface area contributed by atoms with Crippen molar-refractivity contribution in [2.45, 2.75) is 49.5 Å². The summed E-state index contributed by atoms with van der Waals surface area (Å²) in [5.74, 6) is -0.756. The molecule has 6 heteroatoms. The Labute approximate surface area is 231 Å². The lowest BCUT2D eigenvalue weighted by Crippen LogP contribution is -2.44. The molecule has 1 aliphatic heterocycles. The van der Waals surface area contributed by atoms with Gasteiger partial charge in [-0.2, -0.15) is 0 Å². The molecule has 5 nitrogen and oxygen atoms in total. The zero-order valence-corrected chi connectivity index (χ0v) is 22.7. The minimum Gasteiger partial charge on any atom is -0.481 e. The predicted molar refractivity (Wildman–Crippen MR) is 154 cm³/mol. The molecule has 1 aliphatic rings. The molecule has 3 aromatic carbocycles. The van der Waals surface area contributed by atoms with Gasteiger partial charge in [0.2, 0.25) is 0 Å². The summed E-state index contributed by atoms with van der Waals surface area (Å²) in [5.41, 5.74) is 2.48. The van der Waals surface area contributed by atoms with E-state index in [0.29, 0.717) is 30.8 Å². The summed E-state index contributed by atoms with van der Waals surface area (Å²) in [7, 11) is 0. The molecule has 3 aromatic rings. The van der Waals surface area contributed by atoms with E-state index in [1.165, 1.54) is 11.1 Å². The number of carbonyl (C=O) groups is 1. The van der Waals surface area contributed by atoms with E-state index >= 15 is 0 Å². The molecular weight excluding hydrogens is 496 g/mol. The summed E-state index contributed by atoms with van der Waals surface area (Å²) < 4.78 is 0. The lowest BCUT2D eigenvalue weighted by molar-refractivity contribution is -0.137. The topological polar surface area (TPSA) is 72.8 Å². The highest BCUT2D eigenvalue weighted by Crippen LogP contribution is 2.38. The van der Waals surface area contributed by atoms with Crippen molar-refractivity contribution in [2.75, 3.05) is 32.7 Å². The van der Waals surface area contributed by atoms with Crippen molar-refractivity contribution < 1.29 is 15.0 Å². The van der Waals surface area contributed by atoms with Crippen LogP contribution < -0.4 is 5.32 Å². The predicted octanol–water partition coefficient (Wildman–Crippen LogP) is 5.84. The number of benzene rings is 3. The third-order valence-electron chi connectivity index (χ3n) is 7.97. The van der Waals surface area contributed by atoms with Crippen LogP contribution in [0.2, 0.25) is 5.02 Å². The Balaban J connectivity index is 1.43. The quantitative estimate of drug-likeness (QED) is 0.240. The number of piperidine rings is 1. The van der Waals surface area contributed by atoms with E-state index in [1.54, 1.807) is 0 Å². The van der Waals surface area contributed by atoms with E-state index in [4.69, 9.17) is 16.7 Å². The van der Waals surface area contributed by atoms with E-state index < -0.39 is 11.6 Å². The monoisotopic (exact) mass is 534 g/mol. The highest BCUT2D eigenvalue weighted by Gasteiger charge is 2.36. The molecule has 202 valence electrons. The van der Waals surface area contributed by atoms with Crippen LogP contribution >= 0.6 is 11.6 Å². The lowest BCUT2D eigenvalue weighted by Gasteiger charge is -2.40. The molecular formula is C32H39ClN2O3.